The summed E-state index contributed by atoms with van der Waals surface area (Å²) in [4.78, 5) is 12.6. The first-order valence-corrected chi connectivity index (χ1v) is 9.48. The van der Waals surface area contributed by atoms with Crippen molar-refractivity contribution in [2.75, 3.05) is 5.32 Å². The lowest BCUT2D eigenvalue weighted by atomic mass is 10.1. The Labute approximate surface area is 152 Å². The highest BCUT2D eigenvalue weighted by molar-refractivity contribution is 7.89. The van der Waals surface area contributed by atoms with E-state index in [4.69, 9.17) is 5.14 Å². The van der Waals surface area contributed by atoms with E-state index in [-0.39, 0.29) is 10.8 Å². The molecule has 0 spiro atoms. The van der Waals surface area contributed by atoms with E-state index in [1.54, 1.807) is 25.1 Å². The van der Waals surface area contributed by atoms with E-state index < -0.39 is 10.0 Å². The number of primary sulfonamides is 1. The van der Waals surface area contributed by atoms with E-state index in [0.29, 0.717) is 16.8 Å². The topological polar surface area (TPSA) is 94.2 Å². The summed E-state index contributed by atoms with van der Waals surface area (Å²) in [6.45, 7) is 3.70. The summed E-state index contributed by atoms with van der Waals surface area (Å²) in [5, 5.41) is 7.92. The van der Waals surface area contributed by atoms with Gasteiger partial charge in [-0.2, -0.15) is 0 Å². The normalized spacial score (nSPS) is 11.3. The highest BCUT2D eigenvalue weighted by atomic mass is 32.2. The molecule has 0 atom stereocenters. The second-order valence-corrected chi connectivity index (χ2v) is 7.69. The second kappa shape index (κ2) is 6.78. The molecule has 0 saturated heterocycles. The van der Waals surface area contributed by atoms with Gasteiger partial charge in [-0.15, -0.1) is 0 Å². The fraction of sp³-hybridized carbons (Fsp3) is 0.105. The molecule has 0 aliphatic carbocycles. The Morgan fingerprint density at radius 1 is 1.04 bits per heavy atom. The van der Waals surface area contributed by atoms with Crippen LogP contribution in [-0.2, 0) is 10.0 Å². The third-order valence-electron chi connectivity index (χ3n) is 3.99. The second-order valence-electron chi connectivity index (χ2n) is 6.13. The minimum atomic E-state index is -3.84. The molecule has 0 fully saturated rings. The van der Waals surface area contributed by atoms with Gasteiger partial charge in [-0.25, -0.2) is 13.6 Å². The summed E-state index contributed by atoms with van der Waals surface area (Å²) in [6, 6.07) is 13.7. The molecule has 26 heavy (non-hydrogen) atoms. The zero-order valence-electron chi connectivity index (χ0n) is 14.4. The van der Waals surface area contributed by atoms with Crippen LogP contribution in [0.25, 0.3) is 5.69 Å². The minimum absolute atomic E-state index is 0.0373. The van der Waals surface area contributed by atoms with Gasteiger partial charge in [-0.05, 0) is 67.4 Å². The van der Waals surface area contributed by atoms with Gasteiger partial charge in [0.05, 0.1) is 4.90 Å². The molecule has 7 heteroatoms. The maximum absolute atomic E-state index is 12.6. The Balaban J connectivity index is 1.92. The van der Waals surface area contributed by atoms with Crippen LogP contribution in [0.3, 0.4) is 0 Å². The first kappa shape index (κ1) is 17.9. The van der Waals surface area contributed by atoms with Gasteiger partial charge in [0.2, 0.25) is 10.0 Å². The molecule has 0 radical (unpaired) electrons. The molecule has 6 nitrogen and oxygen atoms in total. The van der Waals surface area contributed by atoms with Gasteiger partial charge in [0.25, 0.3) is 5.91 Å². The van der Waals surface area contributed by atoms with Crippen LogP contribution >= 0.6 is 0 Å². The van der Waals surface area contributed by atoms with Gasteiger partial charge in [0.1, 0.15) is 0 Å². The quantitative estimate of drug-likeness (QED) is 0.740. The number of hydrogen-bond acceptors (Lipinski definition) is 3. The zero-order chi connectivity index (χ0) is 18.9. The highest BCUT2D eigenvalue weighted by Crippen LogP contribution is 2.20. The number of aromatic nitrogens is 1. The average molecular weight is 369 g/mol. The summed E-state index contributed by atoms with van der Waals surface area (Å²) in [5.74, 6) is -0.329. The Hall–Kier alpha value is -2.90. The lowest BCUT2D eigenvalue weighted by Crippen LogP contribution is -2.15. The summed E-state index contributed by atoms with van der Waals surface area (Å²) in [5.41, 5.74) is 3.46. The van der Waals surface area contributed by atoms with Crippen LogP contribution in [0.1, 0.15) is 21.5 Å². The number of rotatable bonds is 4. The Morgan fingerprint density at radius 3 is 2.38 bits per heavy atom. The molecule has 0 saturated carbocycles. The molecular weight excluding hydrogens is 350 g/mol. The van der Waals surface area contributed by atoms with Gasteiger partial charge in [0, 0.05) is 29.3 Å². The molecule has 0 aliphatic rings. The molecule has 3 rings (SSSR count). The molecule has 0 unspecified atom stereocenters. The van der Waals surface area contributed by atoms with Crippen molar-refractivity contribution in [1.82, 2.24) is 4.57 Å². The van der Waals surface area contributed by atoms with Crippen molar-refractivity contribution in [3.8, 4) is 5.69 Å². The summed E-state index contributed by atoms with van der Waals surface area (Å²) < 4.78 is 25.1. The van der Waals surface area contributed by atoms with Crippen LogP contribution in [0.15, 0.2) is 65.8 Å². The summed E-state index contributed by atoms with van der Waals surface area (Å²) >= 11 is 0. The molecule has 2 aromatic carbocycles. The minimum Gasteiger partial charge on any atom is -0.324 e. The van der Waals surface area contributed by atoms with Crippen molar-refractivity contribution in [2.45, 2.75) is 18.7 Å². The number of aryl methyl sites for hydroxylation is 2. The number of anilines is 1. The van der Waals surface area contributed by atoms with E-state index >= 15 is 0 Å². The first-order valence-electron chi connectivity index (χ1n) is 7.94. The van der Waals surface area contributed by atoms with E-state index in [1.165, 1.54) is 12.1 Å². The highest BCUT2D eigenvalue weighted by Gasteiger charge is 2.13. The number of nitrogens with two attached hydrogens (primary N) is 1. The Bertz CT molecular complexity index is 1070. The van der Waals surface area contributed by atoms with E-state index in [9.17, 15) is 13.2 Å². The first-order chi connectivity index (χ1) is 12.2. The van der Waals surface area contributed by atoms with Crippen molar-refractivity contribution in [3.63, 3.8) is 0 Å². The van der Waals surface area contributed by atoms with Crippen LogP contribution < -0.4 is 10.5 Å². The SMILES string of the molecule is Cc1cc(NC(=O)c2ccc(C)c(-n3cccc3)c2)cc(S(N)(=O)=O)c1. The smallest absolute Gasteiger partial charge is 0.255 e. The van der Waals surface area contributed by atoms with Crippen LogP contribution in [0.2, 0.25) is 0 Å². The zero-order valence-corrected chi connectivity index (χ0v) is 15.2. The summed E-state index contributed by atoms with van der Waals surface area (Å²) in [7, 11) is -3.84. The maximum Gasteiger partial charge on any atom is 0.255 e. The molecule has 0 aliphatic heterocycles. The predicted molar refractivity (Wildman–Crippen MR) is 101 cm³/mol. The third-order valence-corrected chi connectivity index (χ3v) is 4.88. The molecule has 1 aromatic heterocycles. The van der Waals surface area contributed by atoms with Crippen LogP contribution in [0.4, 0.5) is 5.69 Å². The van der Waals surface area contributed by atoms with Gasteiger partial charge in [-0.3, -0.25) is 4.79 Å². The monoisotopic (exact) mass is 369 g/mol. The van der Waals surface area contributed by atoms with E-state index in [0.717, 1.165) is 11.3 Å². The Morgan fingerprint density at radius 2 is 1.73 bits per heavy atom. The number of sulfonamides is 1. The number of carbonyl (C=O) groups excluding carboxylic acids is 1. The van der Waals surface area contributed by atoms with Crippen molar-refractivity contribution in [1.29, 1.82) is 0 Å². The van der Waals surface area contributed by atoms with Crippen molar-refractivity contribution < 1.29 is 13.2 Å². The third kappa shape index (κ3) is 3.84. The largest absolute Gasteiger partial charge is 0.324 e. The van der Waals surface area contributed by atoms with Crippen molar-refractivity contribution >= 4 is 21.6 Å². The van der Waals surface area contributed by atoms with Gasteiger partial charge in [0.15, 0.2) is 0 Å². The van der Waals surface area contributed by atoms with Crippen LogP contribution in [-0.4, -0.2) is 18.9 Å². The van der Waals surface area contributed by atoms with Gasteiger partial charge in [-0.1, -0.05) is 6.07 Å². The lowest BCUT2D eigenvalue weighted by molar-refractivity contribution is 0.102. The average Bonchev–Trinajstić information content (AvgIpc) is 3.08. The molecule has 3 N–H and O–H groups in total. The molecule has 0 bridgehead atoms. The number of carbonyl (C=O) groups is 1. The van der Waals surface area contributed by atoms with Crippen molar-refractivity contribution in [2.24, 2.45) is 5.14 Å². The molecule has 1 heterocycles. The fourth-order valence-electron chi connectivity index (χ4n) is 2.71. The number of hydrogen-bond donors (Lipinski definition) is 2. The number of nitrogens with one attached hydrogen (secondary N) is 1. The van der Waals surface area contributed by atoms with Gasteiger partial charge < -0.3 is 9.88 Å². The van der Waals surface area contributed by atoms with E-state index in [1.807, 2.05) is 42.1 Å². The number of nitrogens with zero attached hydrogens (tertiary/aromatic N) is 1. The summed E-state index contributed by atoms with van der Waals surface area (Å²) in [6.07, 6.45) is 3.81. The molecule has 134 valence electrons. The fourth-order valence-corrected chi connectivity index (χ4v) is 3.35. The molecule has 3 aromatic rings. The Kier molecular flexibility index (Phi) is 4.67. The van der Waals surface area contributed by atoms with Crippen molar-refractivity contribution in [3.05, 3.63) is 77.6 Å². The standard InChI is InChI=1S/C19H19N3O3S/c1-13-9-16(12-17(10-13)26(20,24)25)21-19(23)15-6-5-14(2)18(11-15)22-7-3-4-8-22/h3-12H,1-2H3,(H,21,23)(H2,20,24,25). The number of benzene rings is 2. The predicted octanol–water partition coefficient (Wildman–Crippen LogP) is 2.99. The molecular formula is C19H19N3O3S. The maximum atomic E-state index is 12.6. The van der Waals surface area contributed by atoms with E-state index in [2.05, 4.69) is 5.32 Å². The number of amides is 1. The lowest BCUT2D eigenvalue weighted by Gasteiger charge is -2.12. The van der Waals surface area contributed by atoms with Crippen LogP contribution in [0, 0.1) is 13.8 Å². The molecule has 1 amide bonds. The van der Waals surface area contributed by atoms with Gasteiger partial charge >= 0.3 is 0 Å². The van der Waals surface area contributed by atoms with Crippen LogP contribution in [0.5, 0.6) is 0 Å².